The number of ether oxygens (including phenoxy) is 2. The van der Waals surface area contributed by atoms with E-state index in [1.165, 1.54) is 11.2 Å². The van der Waals surface area contributed by atoms with Crippen LogP contribution < -0.4 is 15.0 Å². The number of aromatic amines is 1. The van der Waals surface area contributed by atoms with Crippen LogP contribution in [0.2, 0.25) is 0 Å². The van der Waals surface area contributed by atoms with Crippen LogP contribution in [0.25, 0.3) is 0 Å². The summed E-state index contributed by atoms with van der Waals surface area (Å²) in [5.74, 6) is 0.0202. The van der Waals surface area contributed by atoms with Crippen molar-refractivity contribution in [3.63, 3.8) is 0 Å². The quantitative estimate of drug-likeness (QED) is 0.126. The highest BCUT2D eigenvalue weighted by Gasteiger charge is 2.35. The number of nitrogens with one attached hydrogen (secondary N) is 2. The van der Waals surface area contributed by atoms with Crippen molar-refractivity contribution in [1.82, 2.24) is 20.2 Å². The van der Waals surface area contributed by atoms with E-state index in [0.717, 1.165) is 28.8 Å². The molecule has 0 spiro atoms. The van der Waals surface area contributed by atoms with Crippen molar-refractivity contribution >= 4 is 23.6 Å². The van der Waals surface area contributed by atoms with Crippen molar-refractivity contribution in [3.8, 4) is 5.75 Å². The molecule has 50 heavy (non-hydrogen) atoms. The molecule has 3 amide bonds. The minimum atomic E-state index is -1.04. The van der Waals surface area contributed by atoms with Gasteiger partial charge in [-0.15, -0.1) is 0 Å². The van der Waals surface area contributed by atoms with Gasteiger partial charge in [-0.1, -0.05) is 97.9 Å². The number of benzene rings is 4. The van der Waals surface area contributed by atoms with E-state index in [9.17, 15) is 14.4 Å². The Hall–Kier alpha value is -5.90. The third kappa shape index (κ3) is 10.1. The molecule has 0 radical (unpaired) electrons. The molecule has 0 saturated heterocycles. The number of carbonyl (C=O) groups excluding carboxylic acids is 3. The fourth-order valence-corrected chi connectivity index (χ4v) is 5.58. The van der Waals surface area contributed by atoms with E-state index in [1.807, 2.05) is 122 Å². The van der Waals surface area contributed by atoms with Crippen LogP contribution in [-0.2, 0) is 40.4 Å². The molecular weight excluding hydrogens is 630 g/mol. The molecule has 2 unspecified atom stereocenters. The van der Waals surface area contributed by atoms with E-state index in [4.69, 9.17) is 9.47 Å². The standard InChI is InChI=1S/C40H43N5O5/c1-3-23-45(34-17-11-6-12-18-34)39(47)37(24-30-19-21-35(22-20-30)49-27-31-13-7-4-8-14-31)44(2)38(46)36(25-33-26-41-29-42-33)43-40(48)50-28-32-15-9-5-10-16-32/h4-22,26,29,36-37H,3,23-25,27-28H2,1-2H3,(H,41,42)(H,43,48). The summed E-state index contributed by atoms with van der Waals surface area (Å²) in [6.07, 6.45) is 3.44. The number of likely N-dealkylation sites (N-methyl/N-ethyl adjacent to an activating group) is 1. The maximum atomic E-state index is 14.5. The van der Waals surface area contributed by atoms with Crippen LogP contribution in [0.4, 0.5) is 10.5 Å². The molecule has 1 heterocycles. The van der Waals surface area contributed by atoms with Crippen molar-refractivity contribution in [1.29, 1.82) is 0 Å². The monoisotopic (exact) mass is 673 g/mol. The van der Waals surface area contributed by atoms with Gasteiger partial charge in [0.15, 0.2) is 0 Å². The SMILES string of the molecule is CCCN(C(=O)C(Cc1ccc(OCc2ccccc2)cc1)N(C)C(=O)C(Cc1cnc[nH]1)NC(=O)OCc1ccccc1)c1ccccc1. The molecule has 5 aromatic rings. The molecule has 0 bridgehead atoms. The van der Waals surface area contributed by atoms with Gasteiger partial charge >= 0.3 is 6.09 Å². The highest BCUT2D eigenvalue weighted by atomic mass is 16.5. The number of imidazole rings is 1. The van der Waals surface area contributed by atoms with Crippen molar-refractivity contribution in [2.75, 3.05) is 18.5 Å². The first-order valence-corrected chi connectivity index (χ1v) is 16.7. The Morgan fingerprint density at radius 1 is 0.760 bits per heavy atom. The molecule has 1 aromatic heterocycles. The Balaban J connectivity index is 1.38. The van der Waals surface area contributed by atoms with Crippen molar-refractivity contribution in [3.05, 3.63) is 150 Å². The second-order valence-electron chi connectivity index (χ2n) is 12.0. The number of carbonyl (C=O) groups is 3. The van der Waals surface area contributed by atoms with Gasteiger partial charge in [0.05, 0.1) is 6.33 Å². The maximum Gasteiger partial charge on any atom is 0.408 e. The summed E-state index contributed by atoms with van der Waals surface area (Å²) in [5.41, 5.74) is 4.11. The summed E-state index contributed by atoms with van der Waals surface area (Å²) in [6.45, 7) is 2.95. The van der Waals surface area contributed by atoms with E-state index in [1.54, 1.807) is 18.1 Å². The Kier molecular flexibility index (Phi) is 12.8. The highest BCUT2D eigenvalue weighted by Crippen LogP contribution is 2.22. The lowest BCUT2D eigenvalue weighted by Crippen LogP contribution is -2.56. The first kappa shape index (κ1) is 35.4. The van der Waals surface area contributed by atoms with Crippen LogP contribution in [0.5, 0.6) is 5.75 Å². The first-order valence-electron chi connectivity index (χ1n) is 16.7. The Morgan fingerprint density at radius 3 is 1.98 bits per heavy atom. The zero-order chi connectivity index (χ0) is 35.1. The minimum absolute atomic E-state index is 0.0443. The van der Waals surface area contributed by atoms with Crippen molar-refractivity contribution < 1.29 is 23.9 Å². The fourth-order valence-electron chi connectivity index (χ4n) is 5.58. The molecule has 10 nitrogen and oxygen atoms in total. The third-order valence-electron chi connectivity index (χ3n) is 8.26. The zero-order valence-corrected chi connectivity index (χ0v) is 28.4. The topological polar surface area (TPSA) is 117 Å². The predicted molar refractivity (Wildman–Crippen MR) is 192 cm³/mol. The zero-order valence-electron chi connectivity index (χ0n) is 28.4. The normalized spacial score (nSPS) is 12.0. The molecular formula is C40H43N5O5. The number of nitrogens with zero attached hydrogens (tertiary/aromatic N) is 3. The van der Waals surface area contributed by atoms with Gasteiger partial charge in [0.25, 0.3) is 0 Å². The lowest BCUT2D eigenvalue weighted by atomic mass is 10.0. The van der Waals surface area contributed by atoms with Gasteiger partial charge in [0.1, 0.15) is 31.0 Å². The fraction of sp³-hybridized carbons (Fsp3) is 0.250. The van der Waals surface area contributed by atoms with E-state index in [2.05, 4.69) is 15.3 Å². The van der Waals surface area contributed by atoms with Crippen LogP contribution in [-0.4, -0.2) is 58.5 Å². The number of H-pyrrole nitrogens is 1. The molecule has 0 aliphatic carbocycles. The lowest BCUT2D eigenvalue weighted by molar-refractivity contribution is -0.139. The number of para-hydroxylation sites is 1. The van der Waals surface area contributed by atoms with Crippen LogP contribution >= 0.6 is 0 Å². The molecule has 0 aliphatic heterocycles. The molecule has 2 atom stereocenters. The number of anilines is 1. The number of alkyl carbamates (subject to hydrolysis) is 1. The van der Waals surface area contributed by atoms with E-state index in [0.29, 0.717) is 24.6 Å². The average molecular weight is 674 g/mol. The summed E-state index contributed by atoms with van der Waals surface area (Å²) < 4.78 is 11.4. The summed E-state index contributed by atoms with van der Waals surface area (Å²) in [6, 6.07) is 34.3. The van der Waals surface area contributed by atoms with Gasteiger partial charge in [0.2, 0.25) is 11.8 Å². The molecule has 10 heteroatoms. The first-order chi connectivity index (χ1) is 24.4. The van der Waals surface area contributed by atoms with Crippen LogP contribution in [0.15, 0.2) is 128 Å². The van der Waals surface area contributed by atoms with Crippen LogP contribution in [0, 0.1) is 0 Å². The smallest absolute Gasteiger partial charge is 0.408 e. The molecule has 258 valence electrons. The Labute approximate surface area is 293 Å². The molecule has 0 saturated carbocycles. The molecule has 0 aliphatic rings. The predicted octanol–water partition coefficient (Wildman–Crippen LogP) is 6.34. The lowest BCUT2D eigenvalue weighted by Gasteiger charge is -2.34. The Bertz CT molecular complexity index is 1770. The maximum absolute atomic E-state index is 14.5. The number of hydrogen-bond donors (Lipinski definition) is 2. The van der Waals surface area contributed by atoms with E-state index in [-0.39, 0.29) is 25.4 Å². The number of amides is 3. The summed E-state index contributed by atoms with van der Waals surface area (Å²) >= 11 is 0. The van der Waals surface area contributed by atoms with Gasteiger partial charge in [-0.2, -0.15) is 0 Å². The van der Waals surface area contributed by atoms with Gasteiger partial charge in [-0.25, -0.2) is 9.78 Å². The van der Waals surface area contributed by atoms with Crippen molar-refractivity contribution in [2.45, 2.75) is 51.5 Å². The average Bonchev–Trinajstić information content (AvgIpc) is 3.68. The molecule has 5 rings (SSSR count). The second-order valence-corrected chi connectivity index (χ2v) is 12.0. The van der Waals surface area contributed by atoms with E-state index >= 15 is 0 Å². The number of rotatable bonds is 16. The van der Waals surface area contributed by atoms with Crippen LogP contribution in [0.3, 0.4) is 0 Å². The largest absolute Gasteiger partial charge is 0.489 e. The van der Waals surface area contributed by atoms with E-state index < -0.39 is 24.1 Å². The van der Waals surface area contributed by atoms with Gasteiger partial charge in [0, 0.05) is 44.0 Å². The molecule has 2 N–H and O–H groups in total. The summed E-state index contributed by atoms with van der Waals surface area (Å²) in [4.78, 5) is 52.1. The van der Waals surface area contributed by atoms with Crippen LogP contribution in [0.1, 0.15) is 35.7 Å². The van der Waals surface area contributed by atoms with Gasteiger partial charge in [-0.05, 0) is 47.4 Å². The molecule has 0 fully saturated rings. The highest BCUT2D eigenvalue weighted by molar-refractivity contribution is 6.00. The summed E-state index contributed by atoms with van der Waals surface area (Å²) in [5, 5.41) is 2.74. The third-order valence-corrected chi connectivity index (χ3v) is 8.26. The minimum Gasteiger partial charge on any atom is -0.489 e. The van der Waals surface area contributed by atoms with Gasteiger partial charge < -0.3 is 29.6 Å². The molecule has 4 aromatic carbocycles. The second kappa shape index (κ2) is 18.0. The Morgan fingerprint density at radius 2 is 1.38 bits per heavy atom. The van der Waals surface area contributed by atoms with Gasteiger partial charge in [-0.3, -0.25) is 9.59 Å². The van der Waals surface area contributed by atoms with Crippen molar-refractivity contribution in [2.24, 2.45) is 0 Å². The number of aromatic nitrogens is 2. The number of hydrogen-bond acceptors (Lipinski definition) is 6. The summed E-state index contributed by atoms with van der Waals surface area (Å²) in [7, 11) is 1.61.